The molecule has 0 radical (unpaired) electrons. The van der Waals surface area contributed by atoms with Gasteiger partial charge in [-0.3, -0.25) is 0 Å². The first-order valence-electron chi connectivity index (χ1n) is 8.11. The van der Waals surface area contributed by atoms with Gasteiger partial charge in [0.25, 0.3) is 0 Å². The Labute approximate surface area is 113 Å². The van der Waals surface area contributed by atoms with E-state index in [1.807, 2.05) is 0 Å². The minimum atomic E-state index is -0.877. The third kappa shape index (κ3) is 6.72. The first-order valence-corrected chi connectivity index (χ1v) is 8.11. The van der Waals surface area contributed by atoms with Gasteiger partial charge in [-0.05, 0) is 32.1 Å². The molecule has 18 heavy (non-hydrogen) atoms. The number of nitrogens with two attached hydrogens (primary N) is 1. The van der Waals surface area contributed by atoms with E-state index in [0.29, 0.717) is 12.8 Å². The second-order valence-corrected chi connectivity index (χ2v) is 6.21. The van der Waals surface area contributed by atoms with Crippen LogP contribution in [0.2, 0.25) is 0 Å². The van der Waals surface area contributed by atoms with Crippen LogP contribution in [0.25, 0.3) is 0 Å². The SMILES string of the molecule is CCCCCCCCCCC1(F)CCC(N)CC1. The van der Waals surface area contributed by atoms with Crippen LogP contribution in [-0.2, 0) is 0 Å². The minimum absolute atomic E-state index is 0.257. The predicted molar refractivity (Wildman–Crippen MR) is 77.5 cm³/mol. The summed E-state index contributed by atoms with van der Waals surface area (Å²) in [5.41, 5.74) is 4.95. The minimum Gasteiger partial charge on any atom is -0.328 e. The molecular weight excluding hydrogens is 225 g/mol. The monoisotopic (exact) mass is 257 g/mol. The maximum Gasteiger partial charge on any atom is 0.111 e. The normalized spacial score (nSPS) is 28.5. The maximum absolute atomic E-state index is 14.4. The van der Waals surface area contributed by atoms with Crippen molar-refractivity contribution in [2.24, 2.45) is 5.73 Å². The Morgan fingerprint density at radius 3 is 2.00 bits per heavy atom. The van der Waals surface area contributed by atoms with Crippen molar-refractivity contribution >= 4 is 0 Å². The molecule has 2 heteroatoms. The van der Waals surface area contributed by atoms with Crippen LogP contribution in [-0.4, -0.2) is 11.7 Å². The summed E-state index contributed by atoms with van der Waals surface area (Å²) >= 11 is 0. The summed E-state index contributed by atoms with van der Waals surface area (Å²) in [6, 6.07) is 0.257. The highest BCUT2D eigenvalue weighted by Crippen LogP contribution is 2.35. The zero-order chi connectivity index (χ0) is 13.3. The standard InChI is InChI=1S/C16H32FN/c1-2-3-4-5-6-7-8-9-12-16(17)13-10-15(18)11-14-16/h15H,2-14,18H2,1H3. The van der Waals surface area contributed by atoms with Crippen molar-refractivity contribution in [3.05, 3.63) is 0 Å². The average molecular weight is 257 g/mol. The number of hydrogen-bond donors (Lipinski definition) is 1. The lowest BCUT2D eigenvalue weighted by Crippen LogP contribution is -2.35. The Balaban J connectivity index is 1.94. The molecule has 0 aliphatic heterocycles. The molecule has 1 fully saturated rings. The molecular formula is C16H32FN. The van der Waals surface area contributed by atoms with Crippen molar-refractivity contribution in [3.63, 3.8) is 0 Å². The first kappa shape index (κ1) is 15.9. The van der Waals surface area contributed by atoms with E-state index in [0.717, 1.165) is 25.7 Å². The van der Waals surface area contributed by atoms with Gasteiger partial charge in [0.05, 0.1) is 0 Å². The van der Waals surface area contributed by atoms with Crippen molar-refractivity contribution in [2.75, 3.05) is 0 Å². The summed E-state index contributed by atoms with van der Waals surface area (Å²) < 4.78 is 14.4. The Bertz CT molecular complexity index is 197. The molecule has 0 unspecified atom stereocenters. The number of rotatable bonds is 9. The highest BCUT2D eigenvalue weighted by Gasteiger charge is 2.33. The summed E-state index contributed by atoms with van der Waals surface area (Å²) in [5, 5.41) is 0. The van der Waals surface area contributed by atoms with Gasteiger partial charge >= 0.3 is 0 Å². The Hall–Kier alpha value is -0.110. The summed E-state index contributed by atoms with van der Waals surface area (Å²) in [4.78, 5) is 0. The summed E-state index contributed by atoms with van der Waals surface area (Å²) in [6.07, 6.45) is 14.3. The lowest BCUT2D eigenvalue weighted by atomic mass is 9.80. The topological polar surface area (TPSA) is 26.0 Å². The van der Waals surface area contributed by atoms with Gasteiger partial charge in [-0.2, -0.15) is 0 Å². The lowest BCUT2D eigenvalue weighted by Gasteiger charge is -2.32. The highest BCUT2D eigenvalue weighted by molar-refractivity contribution is 4.87. The summed E-state index contributed by atoms with van der Waals surface area (Å²) in [6.45, 7) is 2.25. The van der Waals surface area contributed by atoms with Gasteiger partial charge in [0.2, 0.25) is 0 Å². The van der Waals surface area contributed by atoms with Crippen molar-refractivity contribution < 1.29 is 4.39 Å². The van der Waals surface area contributed by atoms with E-state index in [9.17, 15) is 4.39 Å². The van der Waals surface area contributed by atoms with E-state index >= 15 is 0 Å². The zero-order valence-corrected chi connectivity index (χ0v) is 12.2. The van der Waals surface area contributed by atoms with Gasteiger partial charge in [-0.1, -0.05) is 58.3 Å². The number of hydrogen-bond acceptors (Lipinski definition) is 1. The summed E-state index contributed by atoms with van der Waals surface area (Å²) in [7, 11) is 0. The van der Waals surface area contributed by atoms with Crippen molar-refractivity contribution in [2.45, 2.75) is 102 Å². The fourth-order valence-corrected chi connectivity index (χ4v) is 2.98. The van der Waals surface area contributed by atoms with Gasteiger partial charge in [0.15, 0.2) is 0 Å². The van der Waals surface area contributed by atoms with Gasteiger partial charge in [0.1, 0.15) is 5.67 Å². The second-order valence-electron chi connectivity index (χ2n) is 6.21. The molecule has 0 amide bonds. The predicted octanol–water partition coefficient (Wildman–Crippen LogP) is 5.13. The molecule has 0 aromatic rings. The van der Waals surface area contributed by atoms with E-state index in [1.165, 1.54) is 44.9 Å². The van der Waals surface area contributed by atoms with Gasteiger partial charge < -0.3 is 5.73 Å². The highest BCUT2D eigenvalue weighted by atomic mass is 19.1. The van der Waals surface area contributed by atoms with Crippen LogP contribution < -0.4 is 5.73 Å². The van der Waals surface area contributed by atoms with Crippen molar-refractivity contribution in [3.8, 4) is 0 Å². The third-order valence-electron chi connectivity index (χ3n) is 4.40. The van der Waals surface area contributed by atoms with Crippen molar-refractivity contribution in [1.29, 1.82) is 0 Å². The largest absolute Gasteiger partial charge is 0.328 e. The van der Waals surface area contributed by atoms with Gasteiger partial charge in [0, 0.05) is 6.04 Å². The Kier molecular flexibility index (Phi) is 7.88. The average Bonchev–Trinajstić information content (AvgIpc) is 2.37. The van der Waals surface area contributed by atoms with Crippen molar-refractivity contribution in [1.82, 2.24) is 0 Å². The molecule has 0 heterocycles. The van der Waals surface area contributed by atoms with E-state index in [2.05, 4.69) is 6.92 Å². The number of alkyl halides is 1. The van der Waals surface area contributed by atoms with Crippen LogP contribution in [0.4, 0.5) is 4.39 Å². The van der Waals surface area contributed by atoms with Crippen LogP contribution in [0.5, 0.6) is 0 Å². The van der Waals surface area contributed by atoms with Gasteiger partial charge in [-0.15, -0.1) is 0 Å². The molecule has 0 spiro atoms. The Morgan fingerprint density at radius 2 is 1.44 bits per heavy atom. The lowest BCUT2D eigenvalue weighted by molar-refractivity contribution is 0.0857. The van der Waals surface area contributed by atoms with Crippen LogP contribution in [0, 0.1) is 0 Å². The van der Waals surface area contributed by atoms with E-state index in [-0.39, 0.29) is 6.04 Å². The quantitative estimate of drug-likeness (QED) is 0.569. The summed E-state index contributed by atoms with van der Waals surface area (Å²) in [5.74, 6) is 0. The molecule has 1 saturated carbocycles. The third-order valence-corrected chi connectivity index (χ3v) is 4.40. The van der Waals surface area contributed by atoms with Crippen LogP contribution >= 0.6 is 0 Å². The molecule has 0 aromatic carbocycles. The van der Waals surface area contributed by atoms with E-state index < -0.39 is 5.67 Å². The molecule has 0 saturated heterocycles. The van der Waals surface area contributed by atoms with E-state index in [1.54, 1.807) is 0 Å². The first-order chi connectivity index (χ1) is 8.66. The number of halogens is 1. The molecule has 2 N–H and O–H groups in total. The fourth-order valence-electron chi connectivity index (χ4n) is 2.98. The molecule has 0 atom stereocenters. The number of unbranched alkanes of at least 4 members (excludes halogenated alkanes) is 7. The molecule has 1 aliphatic carbocycles. The second kappa shape index (κ2) is 8.90. The van der Waals surface area contributed by atoms with E-state index in [4.69, 9.17) is 5.73 Å². The molecule has 0 aromatic heterocycles. The fraction of sp³-hybridized carbons (Fsp3) is 1.00. The van der Waals surface area contributed by atoms with Crippen LogP contribution in [0.3, 0.4) is 0 Å². The molecule has 1 rings (SSSR count). The molecule has 1 aliphatic rings. The molecule has 1 nitrogen and oxygen atoms in total. The molecule has 108 valence electrons. The zero-order valence-electron chi connectivity index (χ0n) is 12.2. The maximum atomic E-state index is 14.4. The Morgan fingerprint density at radius 1 is 0.944 bits per heavy atom. The molecule has 0 bridgehead atoms. The smallest absolute Gasteiger partial charge is 0.111 e. The van der Waals surface area contributed by atoms with Gasteiger partial charge in [-0.25, -0.2) is 4.39 Å². The van der Waals surface area contributed by atoms with Crippen LogP contribution in [0.15, 0.2) is 0 Å². The van der Waals surface area contributed by atoms with Crippen LogP contribution in [0.1, 0.15) is 90.4 Å².